The maximum absolute atomic E-state index is 13.8. The Morgan fingerprint density at radius 1 is 0.800 bits per heavy atom. The highest BCUT2D eigenvalue weighted by atomic mass is 16.7. The van der Waals surface area contributed by atoms with E-state index < -0.39 is 42.5 Å². The predicted molar refractivity (Wildman–Crippen MR) is 136 cm³/mol. The summed E-state index contributed by atoms with van der Waals surface area (Å²) in [4.78, 5) is 13.8. The van der Waals surface area contributed by atoms with Crippen LogP contribution >= 0.6 is 0 Å². The van der Waals surface area contributed by atoms with Crippen molar-refractivity contribution in [2.45, 2.75) is 30.7 Å². The molecule has 40 heavy (non-hydrogen) atoms. The second-order valence-corrected chi connectivity index (χ2v) is 9.48. The number of aromatic hydroxyl groups is 2. The fourth-order valence-corrected chi connectivity index (χ4v) is 4.94. The van der Waals surface area contributed by atoms with Gasteiger partial charge in [0.05, 0.1) is 60.3 Å². The predicted octanol–water partition coefficient (Wildman–Crippen LogP) is 0.774. The van der Waals surface area contributed by atoms with E-state index in [2.05, 4.69) is 0 Å². The molecule has 2 fully saturated rings. The van der Waals surface area contributed by atoms with Crippen LogP contribution in [0.4, 0.5) is 0 Å². The summed E-state index contributed by atoms with van der Waals surface area (Å²) in [7, 11) is 5.46. The minimum Gasteiger partial charge on any atom is -0.502 e. The fraction of sp³-hybridized carbons (Fsp3) is 0.519. The molecule has 2 heterocycles. The Morgan fingerprint density at radius 3 is 1.85 bits per heavy atom. The smallest absolute Gasteiger partial charge is 0.200 e. The highest BCUT2D eigenvalue weighted by molar-refractivity contribution is 5.99. The second-order valence-electron chi connectivity index (χ2n) is 9.48. The third-order valence-electron chi connectivity index (χ3n) is 7.20. The standard InChI is InChI=1S/C27H34O13/c1-34-17-5-12(6-18(35-2)23(17)31)21(29)14-9-38-26(13-7-19(36-3)24(32)20(8-13)37-4)15(14)10-39-27-25(33)22(30)16(28)11-40-27/h5-8,14-16,22,25-28,30-33H,9-11H2,1-4H3/t14-,15-,16-,22+,25-,26-,27-/m1/s1. The van der Waals surface area contributed by atoms with Crippen LogP contribution in [0.1, 0.15) is 22.0 Å². The average Bonchev–Trinajstić information content (AvgIpc) is 3.39. The highest BCUT2D eigenvalue weighted by Crippen LogP contribution is 2.46. The van der Waals surface area contributed by atoms with Crippen LogP contribution in [0.5, 0.6) is 34.5 Å². The number of phenols is 2. The zero-order valence-corrected chi connectivity index (χ0v) is 22.5. The van der Waals surface area contributed by atoms with E-state index in [4.69, 9.17) is 33.2 Å². The van der Waals surface area contributed by atoms with E-state index in [0.717, 1.165) is 0 Å². The van der Waals surface area contributed by atoms with E-state index in [0.29, 0.717) is 5.56 Å². The molecule has 0 spiro atoms. The summed E-state index contributed by atoms with van der Waals surface area (Å²) in [6, 6.07) is 5.90. The Hall–Kier alpha value is -3.33. The maximum Gasteiger partial charge on any atom is 0.200 e. The van der Waals surface area contributed by atoms with Gasteiger partial charge in [0, 0.05) is 11.5 Å². The lowest BCUT2D eigenvalue weighted by molar-refractivity contribution is -0.273. The molecular formula is C27H34O13. The number of ether oxygens (including phenoxy) is 7. The minimum absolute atomic E-state index is 0.0239. The third kappa shape index (κ3) is 5.61. The van der Waals surface area contributed by atoms with E-state index in [-0.39, 0.29) is 65.7 Å². The van der Waals surface area contributed by atoms with Crippen molar-refractivity contribution in [2.24, 2.45) is 11.8 Å². The Balaban J connectivity index is 1.69. The van der Waals surface area contributed by atoms with Crippen molar-refractivity contribution in [3.05, 3.63) is 35.4 Å². The number of aliphatic hydroxyl groups excluding tert-OH is 3. The number of hydrogen-bond donors (Lipinski definition) is 5. The van der Waals surface area contributed by atoms with Crippen LogP contribution in [0.25, 0.3) is 0 Å². The number of phenolic OH excluding ortho intramolecular Hbond substituents is 2. The molecule has 0 aliphatic carbocycles. The zero-order chi connectivity index (χ0) is 29.1. The molecule has 13 heteroatoms. The van der Waals surface area contributed by atoms with Gasteiger partial charge in [0.1, 0.15) is 18.3 Å². The van der Waals surface area contributed by atoms with E-state index in [9.17, 15) is 30.3 Å². The molecule has 220 valence electrons. The highest BCUT2D eigenvalue weighted by Gasteiger charge is 2.45. The Morgan fingerprint density at radius 2 is 1.32 bits per heavy atom. The first-order valence-electron chi connectivity index (χ1n) is 12.5. The maximum atomic E-state index is 13.8. The summed E-state index contributed by atoms with van der Waals surface area (Å²) < 4.78 is 38.3. The van der Waals surface area contributed by atoms with Crippen LogP contribution < -0.4 is 18.9 Å². The number of hydrogen-bond acceptors (Lipinski definition) is 13. The van der Waals surface area contributed by atoms with Gasteiger partial charge in [0.2, 0.25) is 11.5 Å². The van der Waals surface area contributed by atoms with Crippen molar-refractivity contribution >= 4 is 5.78 Å². The largest absolute Gasteiger partial charge is 0.502 e. The molecule has 7 atom stereocenters. The molecular weight excluding hydrogens is 532 g/mol. The molecule has 0 aromatic heterocycles. The van der Waals surface area contributed by atoms with Crippen molar-refractivity contribution in [2.75, 3.05) is 48.3 Å². The Labute approximate surface area is 230 Å². The Bertz CT molecular complexity index is 1150. The van der Waals surface area contributed by atoms with Gasteiger partial charge < -0.3 is 58.7 Å². The topological polar surface area (TPSA) is 183 Å². The van der Waals surface area contributed by atoms with Crippen molar-refractivity contribution in [1.29, 1.82) is 0 Å². The van der Waals surface area contributed by atoms with Gasteiger partial charge in [-0.15, -0.1) is 0 Å². The van der Waals surface area contributed by atoms with Gasteiger partial charge in [-0.25, -0.2) is 0 Å². The molecule has 0 bridgehead atoms. The normalized spacial score (nSPS) is 28.2. The monoisotopic (exact) mass is 566 g/mol. The summed E-state index contributed by atoms with van der Waals surface area (Å²) >= 11 is 0. The Kier molecular flexibility index (Phi) is 9.23. The zero-order valence-electron chi connectivity index (χ0n) is 22.5. The van der Waals surface area contributed by atoms with E-state index in [1.54, 1.807) is 12.1 Å². The number of Topliss-reactive ketones (excluding diaryl/α,β-unsaturated/α-hetero) is 1. The number of rotatable bonds is 10. The summed E-state index contributed by atoms with van der Waals surface area (Å²) in [5, 5.41) is 50.8. The van der Waals surface area contributed by atoms with Crippen molar-refractivity contribution in [1.82, 2.24) is 0 Å². The lowest BCUT2D eigenvalue weighted by Gasteiger charge is -2.36. The van der Waals surface area contributed by atoms with Gasteiger partial charge in [-0.1, -0.05) is 0 Å². The van der Waals surface area contributed by atoms with Gasteiger partial charge in [-0.3, -0.25) is 4.79 Å². The molecule has 0 saturated carbocycles. The molecule has 13 nitrogen and oxygen atoms in total. The minimum atomic E-state index is -1.53. The number of carbonyl (C=O) groups is 1. The van der Waals surface area contributed by atoms with Gasteiger partial charge in [-0.2, -0.15) is 0 Å². The van der Waals surface area contributed by atoms with Crippen molar-refractivity contribution in [3.8, 4) is 34.5 Å². The SMILES string of the molecule is COc1cc(C(=O)[C@@H]2CO[C@H](c3cc(OC)c(O)c(OC)c3)[C@@H]2CO[C@@H]2OC[C@@H](O)[C@H](O)[C@H]2O)cc(OC)c1O. The second kappa shape index (κ2) is 12.5. The molecule has 2 aromatic carbocycles. The van der Waals surface area contributed by atoms with Crippen LogP contribution in [0.2, 0.25) is 0 Å². The molecule has 0 amide bonds. The van der Waals surface area contributed by atoms with Gasteiger partial charge in [0.25, 0.3) is 0 Å². The quantitative estimate of drug-likeness (QED) is 0.255. The molecule has 0 unspecified atom stereocenters. The molecule has 2 aliphatic heterocycles. The molecule has 2 saturated heterocycles. The first-order chi connectivity index (χ1) is 19.1. The molecule has 0 radical (unpaired) electrons. The lowest BCUT2D eigenvalue weighted by Crippen LogP contribution is -2.54. The number of ketones is 1. The van der Waals surface area contributed by atoms with Crippen LogP contribution in [0.3, 0.4) is 0 Å². The third-order valence-corrected chi connectivity index (χ3v) is 7.20. The summed E-state index contributed by atoms with van der Waals surface area (Å²) in [6.07, 6.45) is -6.31. The average molecular weight is 567 g/mol. The number of aliphatic hydroxyl groups is 3. The van der Waals surface area contributed by atoms with Gasteiger partial charge in [0.15, 0.2) is 35.1 Å². The van der Waals surface area contributed by atoms with E-state index in [1.807, 2.05) is 0 Å². The van der Waals surface area contributed by atoms with E-state index >= 15 is 0 Å². The molecule has 5 N–H and O–H groups in total. The van der Waals surface area contributed by atoms with Gasteiger partial charge >= 0.3 is 0 Å². The first-order valence-corrected chi connectivity index (χ1v) is 12.5. The van der Waals surface area contributed by atoms with Crippen LogP contribution in [0, 0.1) is 11.8 Å². The van der Waals surface area contributed by atoms with E-state index in [1.165, 1.54) is 40.6 Å². The van der Waals surface area contributed by atoms with Gasteiger partial charge in [-0.05, 0) is 29.8 Å². The van der Waals surface area contributed by atoms with Crippen molar-refractivity contribution < 1.29 is 63.5 Å². The number of carbonyl (C=O) groups excluding carboxylic acids is 1. The summed E-state index contributed by atoms with van der Waals surface area (Å²) in [5.74, 6) is -1.92. The van der Waals surface area contributed by atoms with Crippen LogP contribution in [-0.2, 0) is 14.2 Å². The van der Waals surface area contributed by atoms with Crippen LogP contribution in [-0.4, -0.2) is 104 Å². The summed E-state index contributed by atoms with van der Waals surface area (Å²) in [5.41, 5.74) is 0.718. The molecule has 2 aliphatic rings. The fourth-order valence-electron chi connectivity index (χ4n) is 4.94. The molecule has 2 aromatic rings. The first kappa shape index (κ1) is 29.6. The lowest BCUT2D eigenvalue weighted by atomic mass is 9.83. The molecule has 4 rings (SSSR count). The van der Waals surface area contributed by atoms with Crippen molar-refractivity contribution in [3.63, 3.8) is 0 Å². The number of methoxy groups -OCH3 is 4. The summed E-state index contributed by atoms with van der Waals surface area (Å²) in [6.45, 7) is -0.442. The van der Waals surface area contributed by atoms with Crippen LogP contribution in [0.15, 0.2) is 24.3 Å². The number of benzene rings is 2.